The molecule has 0 aromatic heterocycles. The third-order valence-electron chi connectivity index (χ3n) is 13.6. The molecule has 0 aliphatic heterocycles. The van der Waals surface area contributed by atoms with E-state index >= 15 is 0 Å². The largest absolute Gasteiger partial charge is 0.462 e. The number of hydrogen-bond donors (Lipinski definition) is 0. The van der Waals surface area contributed by atoms with Gasteiger partial charge in [-0.05, 0) is 57.8 Å². The Balaban J connectivity index is 4.19. The summed E-state index contributed by atoms with van der Waals surface area (Å²) >= 11 is 0. The predicted octanol–water partition coefficient (Wildman–Crippen LogP) is 20.4. The van der Waals surface area contributed by atoms with Gasteiger partial charge in [0.15, 0.2) is 6.10 Å². The van der Waals surface area contributed by atoms with Gasteiger partial charge in [-0.15, -0.1) is 0 Å². The molecule has 0 aliphatic rings. The third-order valence-corrected chi connectivity index (χ3v) is 13.6. The SMILES string of the molecule is CCCCCCC/C=C\C/C=C\C/C=C\CCCCCCCCCCCCC(=O)OCC(COC(=O)CCCCCCCCCCC)OC(=O)CCCCCCCCCCCCCCCCCCC. The molecule has 0 aromatic rings. The van der Waals surface area contributed by atoms with E-state index in [1.54, 1.807) is 0 Å². The van der Waals surface area contributed by atoms with Gasteiger partial charge >= 0.3 is 17.9 Å². The Hall–Kier alpha value is -2.37. The van der Waals surface area contributed by atoms with Crippen molar-refractivity contribution in [1.29, 1.82) is 0 Å². The second kappa shape index (κ2) is 58.2. The highest BCUT2D eigenvalue weighted by atomic mass is 16.6. The van der Waals surface area contributed by atoms with Crippen LogP contribution in [0, 0.1) is 0 Å². The summed E-state index contributed by atoms with van der Waals surface area (Å²) in [6.45, 7) is 6.65. The van der Waals surface area contributed by atoms with E-state index in [0.29, 0.717) is 19.3 Å². The zero-order valence-electron chi connectivity index (χ0n) is 46.3. The maximum Gasteiger partial charge on any atom is 0.306 e. The van der Waals surface area contributed by atoms with Crippen LogP contribution in [0.15, 0.2) is 36.5 Å². The average Bonchev–Trinajstić information content (AvgIpc) is 3.35. The molecule has 0 heterocycles. The summed E-state index contributed by atoms with van der Waals surface area (Å²) in [5.74, 6) is -0.855. The van der Waals surface area contributed by atoms with Crippen molar-refractivity contribution >= 4 is 17.9 Å². The summed E-state index contributed by atoms with van der Waals surface area (Å²) in [7, 11) is 0. The predicted molar refractivity (Wildman–Crippen MR) is 298 cm³/mol. The van der Waals surface area contributed by atoms with Crippen LogP contribution >= 0.6 is 0 Å². The molecule has 0 aromatic carbocycles. The van der Waals surface area contributed by atoms with Crippen molar-refractivity contribution in [2.75, 3.05) is 13.2 Å². The maximum absolute atomic E-state index is 12.8. The second-order valence-electron chi connectivity index (χ2n) is 20.6. The lowest BCUT2D eigenvalue weighted by atomic mass is 10.0. The molecule has 0 saturated heterocycles. The number of unbranched alkanes of at least 4 members (excludes halogenated alkanes) is 39. The van der Waals surface area contributed by atoms with Crippen molar-refractivity contribution < 1.29 is 28.6 Å². The van der Waals surface area contributed by atoms with Gasteiger partial charge in [-0.3, -0.25) is 14.4 Å². The third kappa shape index (κ3) is 56.4. The molecule has 6 nitrogen and oxygen atoms in total. The topological polar surface area (TPSA) is 78.9 Å². The van der Waals surface area contributed by atoms with E-state index in [1.807, 2.05) is 0 Å². The van der Waals surface area contributed by atoms with Crippen LogP contribution in [0.1, 0.15) is 329 Å². The van der Waals surface area contributed by atoms with E-state index in [0.717, 1.165) is 70.6 Å². The second-order valence-corrected chi connectivity index (χ2v) is 20.6. The molecule has 0 saturated carbocycles. The van der Waals surface area contributed by atoms with Gasteiger partial charge in [-0.1, -0.05) is 288 Å². The summed E-state index contributed by atoms with van der Waals surface area (Å²) in [6, 6.07) is 0. The summed E-state index contributed by atoms with van der Waals surface area (Å²) in [5, 5.41) is 0. The molecule has 0 radical (unpaired) electrons. The van der Waals surface area contributed by atoms with E-state index in [1.165, 1.54) is 218 Å². The summed E-state index contributed by atoms with van der Waals surface area (Å²) in [5.41, 5.74) is 0. The lowest BCUT2D eigenvalue weighted by Gasteiger charge is -2.18. The minimum Gasteiger partial charge on any atom is -0.462 e. The Morgan fingerprint density at radius 3 is 0.812 bits per heavy atom. The van der Waals surface area contributed by atoms with Gasteiger partial charge in [-0.2, -0.15) is 0 Å². The van der Waals surface area contributed by atoms with E-state index in [4.69, 9.17) is 14.2 Å². The molecule has 0 rings (SSSR count). The first-order valence-electron chi connectivity index (χ1n) is 30.5. The van der Waals surface area contributed by atoms with Crippen LogP contribution in [-0.4, -0.2) is 37.2 Å². The first-order chi connectivity index (χ1) is 34.0. The van der Waals surface area contributed by atoms with E-state index in [9.17, 15) is 14.4 Å². The van der Waals surface area contributed by atoms with Gasteiger partial charge in [0.05, 0.1) is 0 Å². The van der Waals surface area contributed by atoms with Crippen LogP contribution in [0.3, 0.4) is 0 Å². The molecule has 6 heteroatoms. The normalized spacial score (nSPS) is 12.2. The Morgan fingerprint density at radius 1 is 0.290 bits per heavy atom. The molecule has 1 unspecified atom stereocenters. The molecule has 0 fully saturated rings. The zero-order chi connectivity index (χ0) is 50.0. The van der Waals surface area contributed by atoms with Crippen molar-refractivity contribution in [2.45, 2.75) is 335 Å². The van der Waals surface area contributed by atoms with E-state index in [2.05, 4.69) is 57.2 Å². The van der Waals surface area contributed by atoms with Crippen LogP contribution in [0.25, 0.3) is 0 Å². The molecule has 0 aliphatic carbocycles. The summed E-state index contributed by atoms with van der Waals surface area (Å²) in [4.78, 5) is 38.1. The highest BCUT2D eigenvalue weighted by Crippen LogP contribution is 2.17. The van der Waals surface area contributed by atoms with Gasteiger partial charge < -0.3 is 14.2 Å². The minimum atomic E-state index is -0.768. The van der Waals surface area contributed by atoms with E-state index in [-0.39, 0.29) is 31.1 Å². The highest BCUT2D eigenvalue weighted by molar-refractivity contribution is 5.71. The van der Waals surface area contributed by atoms with Crippen molar-refractivity contribution in [3.8, 4) is 0 Å². The standard InChI is InChI=1S/C63H116O6/c1-4-7-10-13-16-19-21-23-25-27-28-29-30-31-32-33-34-36-37-39-41-44-47-50-53-56-62(65)68-59-60(58-67-61(64)55-52-49-46-43-18-15-12-9-6-3)69-63(66)57-54-51-48-45-42-40-38-35-26-24-22-20-17-14-11-8-5-2/h21,23,27-28,30-31,60H,4-20,22,24-26,29,32-59H2,1-3H3/b23-21-,28-27-,31-30-. The fourth-order valence-corrected chi connectivity index (χ4v) is 9.04. The highest BCUT2D eigenvalue weighted by Gasteiger charge is 2.19. The van der Waals surface area contributed by atoms with Crippen molar-refractivity contribution in [1.82, 2.24) is 0 Å². The maximum atomic E-state index is 12.8. The van der Waals surface area contributed by atoms with Gasteiger partial charge in [0.25, 0.3) is 0 Å². The number of carbonyl (C=O) groups is 3. The summed E-state index contributed by atoms with van der Waals surface area (Å²) < 4.78 is 16.9. The Kier molecular flexibility index (Phi) is 56.2. The fourth-order valence-electron chi connectivity index (χ4n) is 9.04. The molecular formula is C63H116O6. The Morgan fingerprint density at radius 2 is 0.522 bits per heavy atom. The first-order valence-corrected chi connectivity index (χ1v) is 30.5. The summed E-state index contributed by atoms with van der Waals surface area (Å²) in [6.07, 6.45) is 70.1. The quantitative estimate of drug-likeness (QED) is 0.0261. The van der Waals surface area contributed by atoms with Gasteiger partial charge in [0.1, 0.15) is 13.2 Å². The van der Waals surface area contributed by atoms with Crippen molar-refractivity contribution in [2.24, 2.45) is 0 Å². The number of ether oxygens (including phenoxy) is 3. The van der Waals surface area contributed by atoms with Gasteiger partial charge in [-0.25, -0.2) is 0 Å². The molecule has 1 atom stereocenters. The number of allylic oxidation sites excluding steroid dienone is 6. The van der Waals surface area contributed by atoms with Crippen molar-refractivity contribution in [3.05, 3.63) is 36.5 Å². The molecule has 0 N–H and O–H groups in total. The Labute approximate surface area is 429 Å². The van der Waals surface area contributed by atoms with Crippen LogP contribution < -0.4 is 0 Å². The van der Waals surface area contributed by atoms with Crippen LogP contribution in [0.4, 0.5) is 0 Å². The van der Waals surface area contributed by atoms with Crippen molar-refractivity contribution in [3.63, 3.8) is 0 Å². The Bertz CT molecular complexity index is 1160. The smallest absolute Gasteiger partial charge is 0.306 e. The molecule has 0 bridgehead atoms. The number of carbonyl (C=O) groups excluding carboxylic acids is 3. The monoisotopic (exact) mass is 969 g/mol. The molecular weight excluding hydrogens is 853 g/mol. The number of rotatable bonds is 56. The fraction of sp³-hybridized carbons (Fsp3) is 0.857. The van der Waals surface area contributed by atoms with Gasteiger partial charge in [0, 0.05) is 19.3 Å². The molecule has 404 valence electrons. The molecule has 0 amide bonds. The average molecular weight is 970 g/mol. The number of esters is 3. The first kappa shape index (κ1) is 66.6. The molecule has 0 spiro atoms. The van der Waals surface area contributed by atoms with Crippen LogP contribution in [-0.2, 0) is 28.6 Å². The van der Waals surface area contributed by atoms with E-state index < -0.39 is 6.10 Å². The lowest BCUT2D eigenvalue weighted by molar-refractivity contribution is -0.167. The zero-order valence-corrected chi connectivity index (χ0v) is 46.3. The van der Waals surface area contributed by atoms with Gasteiger partial charge in [0.2, 0.25) is 0 Å². The van der Waals surface area contributed by atoms with Crippen LogP contribution in [0.2, 0.25) is 0 Å². The number of hydrogen-bond acceptors (Lipinski definition) is 6. The minimum absolute atomic E-state index is 0.0684. The lowest BCUT2D eigenvalue weighted by Crippen LogP contribution is -2.30. The molecule has 69 heavy (non-hydrogen) atoms. The van der Waals surface area contributed by atoms with Crippen LogP contribution in [0.5, 0.6) is 0 Å².